The van der Waals surface area contributed by atoms with Crippen LogP contribution in [0.5, 0.6) is 11.6 Å². The van der Waals surface area contributed by atoms with E-state index in [0.29, 0.717) is 28.9 Å². The molecule has 2 N–H and O–H groups in total. The van der Waals surface area contributed by atoms with Crippen LogP contribution in [0.15, 0.2) is 65.4 Å². The Labute approximate surface area is 166 Å². The van der Waals surface area contributed by atoms with Crippen molar-refractivity contribution in [3.05, 3.63) is 77.5 Å². The summed E-state index contributed by atoms with van der Waals surface area (Å²) in [6.45, 7) is 2.04. The minimum Gasteiger partial charge on any atom is -0.438 e. The molecule has 0 saturated heterocycles. The van der Waals surface area contributed by atoms with Crippen molar-refractivity contribution < 1.29 is 19.3 Å². The van der Waals surface area contributed by atoms with Crippen LogP contribution in [0.4, 0.5) is 0 Å². The molecule has 1 unspecified atom stereocenters. The number of aromatic nitrogens is 3. The third-order valence-electron chi connectivity index (χ3n) is 4.37. The largest absolute Gasteiger partial charge is 0.438 e. The third kappa shape index (κ3) is 4.22. The topological polar surface area (TPSA) is 110 Å². The smallest absolute Gasteiger partial charge is 0.257 e. The molecule has 146 valence electrons. The lowest BCUT2D eigenvalue weighted by atomic mass is 10.1. The summed E-state index contributed by atoms with van der Waals surface area (Å²) >= 11 is 0. The normalized spacial score (nSPS) is 11.9. The molecule has 2 aromatic carbocycles. The lowest BCUT2D eigenvalue weighted by molar-refractivity contribution is 0.0948. The summed E-state index contributed by atoms with van der Waals surface area (Å²) in [6.07, 6.45) is 1.03. The SMILES string of the molecule is CC(O)c1ccc(CNC(=O)c2cccnc2Oc2ccc3nonc3c2)cc1. The van der Waals surface area contributed by atoms with Crippen LogP contribution in [-0.2, 0) is 6.54 Å². The van der Waals surface area contributed by atoms with Crippen LogP contribution in [0.2, 0.25) is 0 Å². The van der Waals surface area contributed by atoms with Crippen LogP contribution in [0.1, 0.15) is 34.5 Å². The molecule has 0 bridgehead atoms. The number of nitrogens with one attached hydrogen (secondary N) is 1. The number of aliphatic hydroxyl groups is 1. The van der Waals surface area contributed by atoms with Crippen molar-refractivity contribution in [2.24, 2.45) is 0 Å². The van der Waals surface area contributed by atoms with Crippen LogP contribution in [0.25, 0.3) is 11.0 Å². The van der Waals surface area contributed by atoms with Gasteiger partial charge in [-0.1, -0.05) is 24.3 Å². The van der Waals surface area contributed by atoms with Gasteiger partial charge < -0.3 is 15.2 Å². The van der Waals surface area contributed by atoms with Gasteiger partial charge in [-0.25, -0.2) is 9.61 Å². The molecule has 1 amide bonds. The third-order valence-corrected chi connectivity index (χ3v) is 4.37. The van der Waals surface area contributed by atoms with Gasteiger partial charge >= 0.3 is 0 Å². The Hall–Kier alpha value is -3.78. The zero-order chi connectivity index (χ0) is 20.2. The summed E-state index contributed by atoms with van der Waals surface area (Å²) in [7, 11) is 0. The van der Waals surface area contributed by atoms with Gasteiger partial charge in [0, 0.05) is 18.8 Å². The van der Waals surface area contributed by atoms with Crippen LogP contribution < -0.4 is 10.1 Å². The first kappa shape index (κ1) is 18.6. The predicted molar refractivity (Wildman–Crippen MR) is 104 cm³/mol. The number of benzene rings is 2. The molecular formula is C21H18N4O4. The maximum atomic E-state index is 12.7. The van der Waals surface area contributed by atoms with E-state index in [1.807, 2.05) is 24.3 Å². The molecule has 8 heteroatoms. The van der Waals surface area contributed by atoms with Gasteiger partial charge in [-0.2, -0.15) is 0 Å². The fraction of sp³-hybridized carbons (Fsp3) is 0.143. The Morgan fingerprint density at radius 1 is 1.14 bits per heavy atom. The van der Waals surface area contributed by atoms with Crippen molar-refractivity contribution in [3.63, 3.8) is 0 Å². The Morgan fingerprint density at radius 3 is 2.72 bits per heavy atom. The van der Waals surface area contributed by atoms with Crippen molar-refractivity contribution in [3.8, 4) is 11.6 Å². The fourth-order valence-electron chi connectivity index (χ4n) is 2.77. The van der Waals surface area contributed by atoms with E-state index in [-0.39, 0.29) is 11.8 Å². The molecule has 4 rings (SSSR count). The molecule has 2 heterocycles. The van der Waals surface area contributed by atoms with Gasteiger partial charge in [0.2, 0.25) is 5.88 Å². The Kier molecular flexibility index (Phi) is 5.17. The van der Waals surface area contributed by atoms with Crippen molar-refractivity contribution in [2.45, 2.75) is 19.6 Å². The van der Waals surface area contributed by atoms with Crippen LogP contribution >= 0.6 is 0 Å². The average molecular weight is 390 g/mol. The molecule has 0 aliphatic carbocycles. The zero-order valence-corrected chi connectivity index (χ0v) is 15.6. The maximum Gasteiger partial charge on any atom is 0.257 e. The Morgan fingerprint density at radius 2 is 1.93 bits per heavy atom. The van der Waals surface area contributed by atoms with Gasteiger partial charge in [-0.3, -0.25) is 4.79 Å². The number of nitrogens with zero attached hydrogens (tertiary/aromatic N) is 3. The molecule has 8 nitrogen and oxygen atoms in total. The summed E-state index contributed by atoms with van der Waals surface area (Å²) in [5, 5.41) is 20.0. The first-order chi connectivity index (χ1) is 14.1. The van der Waals surface area contributed by atoms with Crippen LogP contribution in [0, 0.1) is 0 Å². The fourth-order valence-corrected chi connectivity index (χ4v) is 2.77. The first-order valence-electron chi connectivity index (χ1n) is 9.00. The quantitative estimate of drug-likeness (QED) is 0.519. The molecule has 0 radical (unpaired) electrons. The van der Waals surface area contributed by atoms with E-state index < -0.39 is 6.10 Å². The summed E-state index contributed by atoms with van der Waals surface area (Å²) in [5.74, 6) is 0.344. The van der Waals surface area contributed by atoms with Crippen molar-refractivity contribution in [2.75, 3.05) is 0 Å². The van der Waals surface area contributed by atoms with E-state index in [1.54, 1.807) is 43.5 Å². The molecule has 2 aromatic heterocycles. The van der Waals surface area contributed by atoms with Crippen molar-refractivity contribution in [1.29, 1.82) is 0 Å². The molecular weight excluding hydrogens is 372 g/mol. The van der Waals surface area contributed by atoms with Crippen LogP contribution in [-0.4, -0.2) is 26.3 Å². The number of hydrogen-bond acceptors (Lipinski definition) is 7. The monoisotopic (exact) mass is 390 g/mol. The van der Waals surface area contributed by atoms with Gasteiger partial charge in [-0.05, 0) is 52.6 Å². The number of carbonyl (C=O) groups is 1. The summed E-state index contributed by atoms with van der Waals surface area (Å²) in [6, 6.07) is 15.8. The zero-order valence-electron chi connectivity index (χ0n) is 15.6. The van der Waals surface area contributed by atoms with E-state index >= 15 is 0 Å². The van der Waals surface area contributed by atoms with Crippen LogP contribution in [0.3, 0.4) is 0 Å². The van der Waals surface area contributed by atoms with E-state index in [2.05, 4.69) is 25.2 Å². The van der Waals surface area contributed by atoms with Gasteiger partial charge in [-0.15, -0.1) is 0 Å². The second-order valence-corrected chi connectivity index (χ2v) is 6.47. The highest BCUT2D eigenvalue weighted by Gasteiger charge is 2.15. The number of rotatable bonds is 6. The summed E-state index contributed by atoms with van der Waals surface area (Å²) in [4.78, 5) is 16.8. The minimum atomic E-state index is -0.527. The summed E-state index contributed by atoms with van der Waals surface area (Å²) in [5.41, 5.74) is 3.20. The highest BCUT2D eigenvalue weighted by Crippen LogP contribution is 2.25. The Bertz CT molecular complexity index is 1140. The van der Waals surface area contributed by atoms with E-state index in [1.165, 1.54) is 0 Å². The number of pyridine rings is 1. The molecule has 4 aromatic rings. The number of fused-ring (bicyclic) bond motifs is 1. The first-order valence-corrected chi connectivity index (χ1v) is 9.00. The lowest BCUT2D eigenvalue weighted by Gasteiger charge is -2.11. The Balaban J connectivity index is 1.47. The molecule has 1 atom stereocenters. The molecule has 0 aliphatic heterocycles. The molecule has 0 spiro atoms. The standard InChI is InChI=1S/C21H18N4O4/c1-13(26)15-6-4-14(5-7-15)12-23-20(27)17-3-2-10-22-21(17)28-16-8-9-18-19(11-16)25-29-24-18/h2-11,13,26H,12H2,1H3,(H,23,27). The number of carbonyl (C=O) groups excluding carboxylic acids is 1. The number of ether oxygens (including phenoxy) is 1. The maximum absolute atomic E-state index is 12.7. The number of hydrogen-bond donors (Lipinski definition) is 2. The highest BCUT2D eigenvalue weighted by atomic mass is 16.6. The van der Waals surface area contributed by atoms with Gasteiger partial charge in [0.1, 0.15) is 22.3 Å². The molecule has 0 saturated carbocycles. The number of aliphatic hydroxyl groups excluding tert-OH is 1. The minimum absolute atomic E-state index is 0.185. The van der Waals surface area contributed by atoms with Crippen molar-refractivity contribution in [1.82, 2.24) is 20.6 Å². The summed E-state index contributed by atoms with van der Waals surface area (Å²) < 4.78 is 10.5. The van der Waals surface area contributed by atoms with E-state index in [0.717, 1.165) is 11.1 Å². The second kappa shape index (κ2) is 8.07. The van der Waals surface area contributed by atoms with Gasteiger partial charge in [0.05, 0.1) is 6.10 Å². The average Bonchev–Trinajstić information content (AvgIpc) is 3.20. The van der Waals surface area contributed by atoms with E-state index in [4.69, 9.17) is 4.74 Å². The second-order valence-electron chi connectivity index (χ2n) is 6.47. The highest BCUT2D eigenvalue weighted by molar-refractivity contribution is 5.96. The molecule has 0 fully saturated rings. The molecule has 29 heavy (non-hydrogen) atoms. The number of amides is 1. The van der Waals surface area contributed by atoms with E-state index in [9.17, 15) is 9.90 Å². The van der Waals surface area contributed by atoms with Gasteiger partial charge in [0.25, 0.3) is 5.91 Å². The lowest BCUT2D eigenvalue weighted by Crippen LogP contribution is -2.23. The molecule has 0 aliphatic rings. The van der Waals surface area contributed by atoms with Crippen molar-refractivity contribution >= 4 is 16.9 Å². The predicted octanol–water partition coefficient (Wildman–Crippen LogP) is 3.39. The van der Waals surface area contributed by atoms with Gasteiger partial charge in [0.15, 0.2) is 0 Å².